The van der Waals surface area contributed by atoms with E-state index in [1.165, 1.54) is 0 Å². The summed E-state index contributed by atoms with van der Waals surface area (Å²) in [7, 11) is 0. The van der Waals surface area contributed by atoms with Gasteiger partial charge in [0.15, 0.2) is 6.61 Å². The summed E-state index contributed by atoms with van der Waals surface area (Å²) < 4.78 is 5.25. The predicted octanol–water partition coefficient (Wildman–Crippen LogP) is 1.29. The fourth-order valence-corrected chi connectivity index (χ4v) is 1.37. The van der Waals surface area contributed by atoms with Gasteiger partial charge in [-0.25, -0.2) is 0 Å². The quantitative estimate of drug-likeness (QED) is 0.765. The molecule has 1 atom stereocenters. The molecule has 0 aliphatic rings. The maximum atomic E-state index is 11.4. The summed E-state index contributed by atoms with van der Waals surface area (Å²) in [5.74, 6) is -0.581. The number of ether oxygens (including phenoxy) is 1. The lowest BCUT2D eigenvalue weighted by Gasteiger charge is -2.11. The predicted molar refractivity (Wildman–Crippen MR) is 66.4 cm³/mol. The van der Waals surface area contributed by atoms with E-state index in [4.69, 9.17) is 9.84 Å². The third-order valence-electron chi connectivity index (χ3n) is 2.28. The number of carboxylic acids is 1. The highest BCUT2D eigenvalue weighted by molar-refractivity contribution is 5.77. The van der Waals surface area contributed by atoms with Gasteiger partial charge in [0, 0.05) is 13.0 Å². The lowest BCUT2D eigenvalue weighted by molar-refractivity contribution is -0.138. The molecule has 0 aromatic heterocycles. The Hall–Kier alpha value is -2.04. The summed E-state index contributed by atoms with van der Waals surface area (Å²) in [5.41, 5.74) is 0. The fourth-order valence-electron chi connectivity index (χ4n) is 1.37. The van der Waals surface area contributed by atoms with Crippen LogP contribution in [0.1, 0.15) is 13.3 Å². The highest BCUT2D eigenvalue weighted by Gasteiger charge is 2.09. The van der Waals surface area contributed by atoms with Gasteiger partial charge in [0.1, 0.15) is 5.75 Å². The summed E-state index contributed by atoms with van der Waals surface area (Å²) in [4.78, 5) is 21.9. The van der Waals surface area contributed by atoms with Crippen LogP contribution >= 0.6 is 0 Å². The van der Waals surface area contributed by atoms with Crippen molar-refractivity contribution in [2.75, 3.05) is 13.2 Å². The lowest BCUT2D eigenvalue weighted by Crippen LogP contribution is -2.33. The first-order chi connectivity index (χ1) is 8.58. The first-order valence-electron chi connectivity index (χ1n) is 5.74. The van der Waals surface area contributed by atoms with E-state index in [1.54, 1.807) is 19.1 Å². The van der Waals surface area contributed by atoms with Crippen LogP contribution in [0.25, 0.3) is 0 Å². The van der Waals surface area contributed by atoms with E-state index >= 15 is 0 Å². The Morgan fingerprint density at radius 3 is 2.61 bits per heavy atom. The minimum atomic E-state index is -0.864. The van der Waals surface area contributed by atoms with Crippen molar-refractivity contribution in [1.82, 2.24) is 5.32 Å². The molecule has 1 rings (SSSR count). The van der Waals surface area contributed by atoms with Gasteiger partial charge in [0.25, 0.3) is 5.91 Å². The number of benzene rings is 1. The van der Waals surface area contributed by atoms with Gasteiger partial charge in [-0.3, -0.25) is 9.59 Å². The zero-order valence-electron chi connectivity index (χ0n) is 10.3. The average molecular weight is 251 g/mol. The lowest BCUT2D eigenvalue weighted by atomic mass is 10.1. The molecule has 0 spiro atoms. The first kappa shape index (κ1) is 14.0. The number of amides is 1. The molecular formula is C13H17NO4. The van der Waals surface area contributed by atoms with Crippen molar-refractivity contribution in [1.29, 1.82) is 0 Å². The molecular weight excluding hydrogens is 234 g/mol. The summed E-state index contributed by atoms with van der Waals surface area (Å²) in [6.07, 6.45) is 0.0415. The SMILES string of the molecule is CC(CNC(=O)COc1ccccc1)CC(=O)O. The van der Waals surface area contributed by atoms with E-state index in [0.717, 1.165) is 0 Å². The van der Waals surface area contributed by atoms with Gasteiger partial charge in [-0.05, 0) is 18.1 Å². The number of carboxylic acid groups (broad SMARTS) is 1. The monoisotopic (exact) mass is 251 g/mol. The molecule has 0 aliphatic carbocycles. The molecule has 0 fully saturated rings. The molecule has 0 saturated carbocycles. The highest BCUT2D eigenvalue weighted by atomic mass is 16.5. The van der Waals surface area contributed by atoms with Crippen LogP contribution in [0.4, 0.5) is 0 Å². The maximum Gasteiger partial charge on any atom is 0.303 e. The molecule has 5 nitrogen and oxygen atoms in total. The van der Waals surface area contributed by atoms with Gasteiger partial charge in [-0.2, -0.15) is 0 Å². The van der Waals surface area contributed by atoms with Crippen molar-refractivity contribution in [2.24, 2.45) is 5.92 Å². The molecule has 0 bridgehead atoms. The normalized spacial score (nSPS) is 11.6. The van der Waals surface area contributed by atoms with Gasteiger partial charge in [-0.1, -0.05) is 25.1 Å². The molecule has 1 aromatic carbocycles. The van der Waals surface area contributed by atoms with Crippen molar-refractivity contribution in [3.63, 3.8) is 0 Å². The molecule has 0 aliphatic heterocycles. The molecule has 1 amide bonds. The zero-order valence-corrected chi connectivity index (χ0v) is 10.3. The Bertz CT molecular complexity index is 391. The van der Waals surface area contributed by atoms with Crippen LogP contribution in [0.2, 0.25) is 0 Å². The number of para-hydroxylation sites is 1. The molecule has 1 unspecified atom stereocenters. The van der Waals surface area contributed by atoms with Crippen molar-refractivity contribution in [2.45, 2.75) is 13.3 Å². The molecule has 5 heteroatoms. The van der Waals surface area contributed by atoms with Crippen molar-refractivity contribution < 1.29 is 19.4 Å². The van der Waals surface area contributed by atoms with Crippen LogP contribution in [0.3, 0.4) is 0 Å². The van der Waals surface area contributed by atoms with Crippen LogP contribution in [-0.2, 0) is 9.59 Å². The average Bonchev–Trinajstić information content (AvgIpc) is 2.34. The van der Waals surface area contributed by atoms with Crippen LogP contribution in [0.5, 0.6) is 5.75 Å². The number of nitrogens with one attached hydrogen (secondary N) is 1. The number of carbonyl (C=O) groups excluding carboxylic acids is 1. The number of hydrogen-bond donors (Lipinski definition) is 2. The summed E-state index contributed by atoms with van der Waals surface area (Å²) in [6, 6.07) is 9.03. The Morgan fingerprint density at radius 1 is 1.33 bits per heavy atom. The van der Waals surface area contributed by atoms with E-state index in [9.17, 15) is 9.59 Å². The molecule has 18 heavy (non-hydrogen) atoms. The Balaban J connectivity index is 2.20. The van der Waals surface area contributed by atoms with Gasteiger partial charge in [-0.15, -0.1) is 0 Å². The standard InChI is InChI=1S/C13H17NO4/c1-10(7-13(16)17)8-14-12(15)9-18-11-5-3-2-4-6-11/h2-6,10H,7-9H2,1H3,(H,14,15)(H,16,17). The number of hydrogen-bond acceptors (Lipinski definition) is 3. The zero-order chi connectivity index (χ0) is 13.4. The molecule has 98 valence electrons. The second-order valence-corrected chi connectivity index (χ2v) is 4.11. The van der Waals surface area contributed by atoms with Crippen molar-refractivity contribution in [3.05, 3.63) is 30.3 Å². The van der Waals surface area contributed by atoms with Gasteiger partial charge >= 0.3 is 5.97 Å². The van der Waals surface area contributed by atoms with Crippen LogP contribution < -0.4 is 10.1 Å². The van der Waals surface area contributed by atoms with Gasteiger partial charge in [0.2, 0.25) is 0 Å². The number of rotatable bonds is 7. The first-order valence-corrected chi connectivity index (χ1v) is 5.74. The summed E-state index contributed by atoms with van der Waals surface area (Å²) in [5, 5.41) is 11.2. The topological polar surface area (TPSA) is 75.6 Å². The minimum absolute atomic E-state index is 0.0415. The minimum Gasteiger partial charge on any atom is -0.484 e. The second kappa shape index (κ2) is 7.32. The molecule has 1 aromatic rings. The second-order valence-electron chi connectivity index (χ2n) is 4.11. The number of carbonyl (C=O) groups is 2. The van der Waals surface area contributed by atoms with E-state index in [0.29, 0.717) is 12.3 Å². The Morgan fingerprint density at radius 2 is 2.00 bits per heavy atom. The molecule has 0 saturated heterocycles. The Kier molecular flexibility index (Phi) is 5.70. The highest BCUT2D eigenvalue weighted by Crippen LogP contribution is 2.07. The Labute approximate surface area is 106 Å². The van der Waals surface area contributed by atoms with Gasteiger partial charge < -0.3 is 15.2 Å². The number of aliphatic carboxylic acids is 1. The summed E-state index contributed by atoms with van der Waals surface area (Å²) in [6.45, 7) is 2.04. The van der Waals surface area contributed by atoms with E-state index in [2.05, 4.69) is 5.32 Å². The van der Waals surface area contributed by atoms with Crippen molar-refractivity contribution >= 4 is 11.9 Å². The smallest absolute Gasteiger partial charge is 0.303 e. The van der Waals surface area contributed by atoms with Crippen LogP contribution in [-0.4, -0.2) is 30.1 Å². The molecule has 2 N–H and O–H groups in total. The molecule has 0 heterocycles. The van der Waals surface area contributed by atoms with Gasteiger partial charge in [0.05, 0.1) is 0 Å². The van der Waals surface area contributed by atoms with Crippen LogP contribution in [0, 0.1) is 5.92 Å². The van der Waals surface area contributed by atoms with Crippen LogP contribution in [0.15, 0.2) is 30.3 Å². The van der Waals surface area contributed by atoms with E-state index in [-0.39, 0.29) is 24.9 Å². The third kappa shape index (κ3) is 5.89. The third-order valence-corrected chi connectivity index (χ3v) is 2.28. The maximum absolute atomic E-state index is 11.4. The summed E-state index contributed by atoms with van der Waals surface area (Å²) >= 11 is 0. The van der Waals surface area contributed by atoms with Crippen molar-refractivity contribution in [3.8, 4) is 5.75 Å². The molecule has 0 radical (unpaired) electrons. The van der Waals surface area contributed by atoms with E-state index < -0.39 is 5.97 Å². The fraction of sp³-hybridized carbons (Fsp3) is 0.385. The largest absolute Gasteiger partial charge is 0.484 e. The van der Waals surface area contributed by atoms with E-state index in [1.807, 2.05) is 18.2 Å².